The molecule has 1 aromatic heterocycles. The maximum absolute atomic E-state index is 13.3. The number of nitrogens with one attached hydrogen (secondary N) is 2. The first-order valence-corrected chi connectivity index (χ1v) is 13.0. The Morgan fingerprint density at radius 3 is 2.51 bits per heavy atom. The van der Waals surface area contributed by atoms with E-state index in [0.717, 1.165) is 17.3 Å². The molecule has 0 aliphatic carbocycles. The van der Waals surface area contributed by atoms with E-state index in [9.17, 15) is 18.8 Å². The lowest BCUT2D eigenvalue weighted by molar-refractivity contribution is -0.121. The van der Waals surface area contributed by atoms with Gasteiger partial charge in [-0.25, -0.2) is 9.37 Å². The van der Waals surface area contributed by atoms with E-state index in [1.165, 1.54) is 30.9 Å². The molecule has 0 unspecified atom stereocenters. The molecule has 4 rings (SSSR count). The Hall–Kier alpha value is -4.38. The Bertz CT molecular complexity index is 1540. The normalized spacial score (nSPS) is 10.7. The summed E-state index contributed by atoms with van der Waals surface area (Å²) < 4.78 is 25.0. The van der Waals surface area contributed by atoms with Gasteiger partial charge in [-0.05, 0) is 42.0 Å². The minimum absolute atomic E-state index is 0.0178. The average molecular weight is 551 g/mol. The van der Waals surface area contributed by atoms with Crippen molar-refractivity contribution in [2.75, 3.05) is 25.3 Å². The second-order valence-electron chi connectivity index (χ2n) is 8.42. The number of aromatic nitrogens is 2. The number of nitrogens with zero attached hydrogens (tertiary/aromatic N) is 2. The summed E-state index contributed by atoms with van der Waals surface area (Å²) in [6.07, 6.45) is 0.0178. The molecule has 4 aromatic rings. The van der Waals surface area contributed by atoms with E-state index in [2.05, 4.69) is 15.6 Å². The van der Waals surface area contributed by atoms with Crippen LogP contribution in [0.1, 0.15) is 12.0 Å². The van der Waals surface area contributed by atoms with Gasteiger partial charge in [0.1, 0.15) is 17.3 Å². The number of benzene rings is 3. The largest absolute Gasteiger partial charge is 0.497 e. The molecule has 3 aromatic carbocycles. The standard InChI is InChI=1S/C28H27FN4O5S/c1-37-20-11-12-23(24(15-20)38-2)31-26(35)17-39-28-32-22-6-4-3-5-21(22)27(36)33(28)14-13-25(34)30-16-18-7-9-19(29)10-8-18/h3-12,15H,13-14,16-17H2,1-2H3,(H,30,34)(H,31,35). The highest BCUT2D eigenvalue weighted by Gasteiger charge is 2.16. The predicted molar refractivity (Wildman–Crippen MR) is 148 cm³/mol. The van der Waals surface area contributed by atoms with Gasteiger partial charge in [-0.3, -0.25) is 19.0 Å². The smallest absolute Gasteiger partial charge is 0.262 e. The number of ether oxygens (including phenoxy) is 2. The molecule has 9 nitrogen and oxygen atoms in total. The monoisotopic (exact) mass is 550 g/mol. The summed E-state index contributed by atoms with van der Waals surface area (Å²) in [6, 6.07) is 17.8. The summed E-state index contributed by atoms with van der Waals surface area (Å²) in [7, 11) is 3.03. The number of anilines is 1. The lowest BCUT2D eigenvalue weighted by Gasteiger charge is -2.14. The van der Waals surface area contributed by atoms with E-state index in [1.54, 1.807) is 54.6 Å². The summed E-state index contributed by atoms with van der Waals surface area (Å²) >= 11 is 1.09. The summed E-state index contributed by atoms with van der Waals surface area (Å²) in [5, 5.41) is 6.31. The molecule has 1 heterocycles. The average Bonchev–Trinajstić information content (AvgIpc) is 2.95. The van der Waals surface area contributed by atoms with Crippen molar-refractivity contribution in [3.05, 3.63) is 88.5 Å². The number of thioether (sulfide) groups is 1. The molecule has 0 atom stereocenters. The Balaban J connectivity index is 1.46. The first-order chi connectivity index (χ1) is 18.9. The highest BCUT2D eigenvalue weighted by molar-refractivity contribution is 7.99. The summed E-state index contributed by atoms with van der Waals surface area (Å²) in [5.74, 6) is 0.0473. The molecule has 0 aliphatic rings. The van der Waals surface area contributed by atoms with Gasteiger partial charge in [0.25, 0.3) is 5.56 Å². The first-order valence-electron chi connectivity index (χ1n) is 12.0. The van der Waals surface area contributed by atoms with Crippen molar-refractivity contribution in [2.24, 2.45) is 0 Å². The van der Waals surface area contributed by atoms with Gasteiger partial charge < -0.3 is 20.1 Å². The van der Waals surface area contributed by atoms with Crippen LogP contribution < -0.4 is 25.7 Å². The number of carbonyl (C=O) groups is 2. The number of hydrogen-bond donors (Lipinski definition) is 2. The SMILES string of the molecule is COc1ccc(NC(=O)CSc2nc3ccccc3c(=O)n2CCC(=O)NCc2ccc(F)cc2)c(OC)c1. The Morgan fingerprint density at radius 1 is 1.00 bits per heavy atom. The van der Waals surface area contributed by atoms with E-state index in [-0.39, 0.29) is 48.5 Å². The highest BCUT2D eigenvalue weighted by atomic mass is 32.2. The third-order valence-electron chi connectivity index (χ3n) is 5.81. The van der Waals surface area contributed by atoms with E-state index >= 15 is 0 Å². The molecule has 0 radical (unpaired) electrons. The topological polar surface area (TPSA) is 112 Å². The van der Waals surface area contributed by atoms with Crippen LogP contribution in [0.4, 0.5) is 10.1 Å². The summed E-state index contributed by atoms with van der Waals surface area (Å²) in [6.45, 7) is 0.308. The fourth-order valence-electron chi connectivity index (χ4n) is 3.78. The second kappa shape index (κ2) is 12.9. The molecule has 2 N–H and O–H groups in total. The van der Waals surface area contributed by atoms with E-state index in [1.807, 2.05) is 0 Å². The van der Waals surface area contributed by atoms with Crippen molar-refractivity contribution >= 4 is 40.2 Å². The minimum atomic E-state index is -0.352. The Labute approximate surface area is 228 Å². The number of amides is 2. The Morgan fingerprint density at radius 2 is 1.77 bits per heavy atom. The predicted octanol–water partition coefficient (Wildman–Crippen LogP) is 3.99. The second-order valence-corrected chi connectivity index (χ2v) is 9.37. The van der Waals surface area contributed by atoms with Crippen LogP contribution in [0.15, 0.2) is 76.7 Å². The number of rotatable bonds is 11. The number of carbonyl (C=O) groups excluding carboxylic acids is 2. The highest BCUT2D eigenvalue weighted by Crippen LogP contribution is 2.29. The molecule has 202 valence electrons. The third-order valence-corrected chi connectivity index (χ3v) is 6.78. The van der Waals surface area contributed by atoms with Crippen LogP contribution in [-0.4, -0.2) is 41.3 Å². The van der Waals surface area contributed by atoms with Gasteiger partial charge in [-0.2, -0.15) is 0 Å². The fourth-order valence-corrected chi connectivity index (χ4v) is 4.60. The van der Waals surface area contributed by atoms with E-state index in [0.29, 0.717) is 33.2 Å². The van der Waals surface area contributed by atoms with Gasteiger partial charge in [0.2, 0.25) is 11.8 Å². The van der Waals surface area contributed by atoms with E-state index < -0.39 is 0 Å². The molecule has 0 saturated heterocycles. The quantitative estimate of drug-likeness (QED) is 0.215. The first kappa shape index (κ1) is 27.6. The molecule has 39 heavy (non-hydrogen) atoms. The zero-order chi connectivity index (χ0) is 27.8. The number of methoxy groups -OCH3 is 2. The summed E-state index contributed by atoms with van der Waals surface area (Å²) in [5.41, 5.74) is 1.43. The van der Waals surface area contributed by atoms with Crippen molar-refractivity contribution in [2.45, 2.75) is 24.7 Å². The van der Waals surface area contributed by atoms with Gasteiger partial charge in [-0.15, -0.1) is 0 Å². The number of halogens is 1. The van der Waals surface area contributed by atoms with Crippen molar-refractivity contribution in [3.63, 3.8) is 0 Å². The zero-order valence-electron chi connectivity index (χ0n) is 21.4. The molecule has 0 spiro atoms. The third kappa shape index (κ3) is 7.14. The van der Waals surface area contributed by atoms with Crippen molar-refractivity contribution in [1.82, 2.24) is 14.9 Å². The van der Waals surface area contributed by atoms with Gasteiger partial charge in [0.15, 0.2) is 5.16 Å². The molecule has 0 fully saturated rings. The van der Waals surface area contributed by atoms with Crippen LogP contribution in [-0.2, 0) is 22.7 Å². The number of para-hydroxylation sites is 1. The van der Waals surface area contributed by atoms with Gasteiger partial charge in [-0.1, -0.05) is 36.0 Å². The lowest BCUT2D eigenvalue weighted by atomic mass is 10.2. The van der Waals surface area contributed by atoms with Crippen LogP contribution in [0, 0.1) is 5.82 Å². The molecule has 11 heteroatoms. The van der Waals surface area contributed by atoms with Gasteiger partial charge in [0.05, 0.1) is 36.6 Å². The Kier molecular flexibility index (Phi) is 9.16. The molecular weight excluding hydrogens is 523 g/mol. The van der Waals surface area contributed by atoms with Crippen molar-refractivity contribution < 1.29 is 23.5 Å². The van der Waals surface area contributed by atoms with Crippen LogP contribution >= 0.6 is 11.8 Å². The zero-order valence-corrected chi connectivity index (χ0v) is 22.2. The van der Waals surface area contributed by atoms with Crippen LogP contribution in [0.25, 0.3) is 10.9 Å². The maximum Gasteiger partial charge on any atom is 0.262 e. The van der Waals surface area contributed by atoms with Crippen LogP contribution in [0.5, 0.6) is 11.5 Å². The fraction of sp³-hybridized carbons (Fsp3) is 0.214. The molecule has 2 amide bonds. The maximum atomic E-state index is 13.3. The van der Waals surface area contributed by atoms with Crippen LogP contribution in [0.3, 0.4) is 0 Å². The summed E-state index contributed by atoms with van der Waals surface area (Å²) in [4.78, 5) is 43.1. The molecular formula is C28H27FN4O5S. The number of hydrogen-bond acceptors (Lipinski definition) is 7. The van der Waals surface area contributed by atoms with Crippen LogP contribution in [0.2, 0.25) is 0 Å². The van der Waals surface area contributed by atoms with Crippen molar-refractivity contribution in [1.29, 1.82) is 0 Å². The molecule has 0 aliphatic heterocycles. The number of fused-ring (bicyclic) bond motifs is 1. The van der Waals surface area contributed by atoms with E-state index in [4.69, 9.17) is 9.47 Å². The molecule has 0 bridgehead atoms. The molecule has 0 saturated carbocycles. The van der Waals surface area contributed by atoms with Gasteiger partial charge in [0, 0.05) is 25.6 Å². The lowest BCUT2D eigenvalue weighted by Crippen LogP contribution is -2.29. The van der Waals surface area contributed by atoms with Gasteiger partial charge >= 0.3 is 0 Å². The minimum Gasteiger partial charge on any atom is -0.497 e. The van der Waals surface area contributed by atoms with Crippen molar-refractivity contribution in [3.8, 4) is 11.5 Å².